The molecule has 4 nitrogen and oxygen atoms in total. The fourth-order valence-corrected chi connectivity index (χ4v) is 3.46. The Bertz CT molecular complexity index is 356. The highest BCUT2D eigenvalue weighted by atomic mass is 79.9. The van der Waals surface area contributed by atoms with Gasteiger partial charge in [-0.2, -0.15) is 0 Å². The minimum absolute atomic E-state index is 0.0457. The zero-order chi connectivity index (χ0) is 16.7. The smallest absolute Gasteiger partial charge is 0.374 e. The molecule has 0 aromatic rings. The molecule has 1 atom stereocenters. The Kier molecular flexibility index (Phi) is 9.06. The number of ether oxygens (including phenoxy) is 1. The lowest BCUT2D eigenvalue weighted by Crippen LogP contribution is -2.18. The molecule has 0 radical (unpaired) electrons. The van der Waals surface area contributed by atoms with Crippen molar-refractivity contribution in [1.29, 1.82) is 0 Å². The minimum Gasteiger partial charge on any atom is -0.460 e. The van der Waals surface area contributed by atoms with Crippen molar-refractivity contribution in [3.63, 3.8) is 0 Å². The fraction of sp³-hybridized carbons (Fsp3) is 0.800. The van der Waals surface area contributed by atoms with Crippen LogP contribution in [0.15, 0.2) is 10.7 Å². The van der Waals surface area contributed by atoms with Gasteiger partial charge in [0.25, 0.3) is 0 Å². The fourth-order valence-electron chi connectivity index (χ4n) is 1.17. The highest BCUT2D eigenvalue weighted by Crippen LogP contribution is 2.47. The van der Waals surface area contributed by atoms with E-state index in [0.717, 1.165) is 6.16 Å². The van der Waals surface area contributed by atoms with Crippen molar-refractivity contribution in [2.24, 2.45) is 10.8 Å². The molecule has 0 aliphatic heterocycles. The van der Waals surface area contributed by atoms with Crippen molar-refractivity contribution < 1.29 is 18.6 Å². The Morgan fingerprint density at radius 2 is 1.71 bits per heavy atom. The van der Waals surface area contributed by atoms with E-state index in [4.69, 9.17) is 13.8 Å². The van der Waals surface area contributed by atoms with E-state index in [0.29, 0.717) is 13.2 Å². The molecule has 0 saturated heterocycles. The minimum atomic E-state index is -1.20. The first-order chi connectivity index (χ1) is 9.48. The number of hydrogen-bond donors (Lipinski definition) is 0. The largest absolute Gasteiger partial charge is 0.460 e. The van der Waals surface area contributed by atoms with Crippen molar-refractivity contribution >= 4 is 30.3 Å². The van der Waals surface area contributed by atoms with Crippen LogP contribution in [0.2, 0.25) is 0 Å². The molecule has 0 aromatic carbocycles. The Morgan fingerprint density at radius 3 is 2.10 bits per heavy atom. The lowest BCUT2D eigenvalue weighted by molar-refractivity contribution is -0.141. The van der Waals surface area contributed by atoms with Crippen LogP contribution in [0.4, 0.5) is 0 Å². The van der Waals surface area contributed by atoms with Gasteiger partial charge in [0, 0.05) is 11.1 Å². The number of esters is 1. The van der Waals surface area contributed by atoms with E-state index in [9.17, 15) is 4.79 Å². The van der Waals surface area contributed by atoms with Gasteiger partial charge in [0.1, 0.15) is 0 Å². The van der Waals surface area contributed by atoms with Crippen LogP contribution in [-0.2, 0) is 18.6 Å². The maximum atomic E-state index is 11.8. The van der Waals surface area contributed by atoms with Crippen LogP contribution in [0.1, 0.15) is 48.5 Å². The summed E-state index contributed by atoms with van der Waals surface area (Å²) < 4.78 is 16.6. The quantitative estimate of drug-likeness (QED) is 0.262. The topological polar surface area (TPSA) is 44.8 Å². The lowest BCUT2D eigenvalue weighted by atomic mass is 9.99. The van der Waals surface area contributed by atoms with Crippen LogP contribution in [0.3, 0.4) is 0 Å². The molecule has 0 aliphatic rings. The molecule has 0 amide bonds. The molecule has 0 fully saturated rings. The molecule has 0 aliphatic carbocycles. The number of carbonyl (C=O) groups excluding carboxylic acids is 1. The molecule has 0 bridgehead atoms. The van der Waals surface area contributed by atoms with Crippen LogP contribution >= 0.6 is 24.3 Å². The summed E-state index contributed by atoms with van der Waals surface area (Å²) in [5, 5.41) is 0. The van der Waals surface area contributed by atoms with Gasteiger partial charge in [0.05, 0.1) is 13.2 Å². The zero-order valence-corrected chi connectivity index (χ0v) is 16.6. The number of halogens is 1. The first kappa shape index (κ1) is 20.9. The Balaban J connectivity index is 4.83. The summed E-state index contributed by atoms with van der Waals surface area (Å²) in [6.45, 7) is 15.3. The van der Waals surface area contributed by atoms with Gasteiger partial charge in [-0.3, -0.25) is 0 Å². The van der Waals surface area contributed by atoms with Gasteiger partial charge in [-0.1, -0.05) is 57.5 Å². The summed E-state index contributed by atoms with van der Waals surface area (Å²) in [7, 11) is -1.20. The van der Waals surface area contributed by atoms with Gasteiger partial charge in [0.2, 0.25) is 14.1 Å². The second-order valence-corrected chi connectivity index (χ2v) is 9.05. The third-order valence-electron chi connectivity index (χ3n) is 2.02. The molecule has 0 spiro atoms. The monoisotopic (exact) mass is 382 g/mol. The Hall–Kier alpha value is -0.120. The van der Waals surface area contributed by atoms with Gasteiger partial charge in [-0.15, -0.1) is 0 Å². The van der Waals surface area contributed by atoms with E-state index in [2.05, 4.69) is 57.5 Å². The van der Waals surface area contributed by atoms with Crippen molar-refractivity contribution in [2.45, 2.75) is 48.5 Å². The van der Waals surface area contributed by atoms with Crippen molar-refractivity contribution in [3.8, 4) is 0 Å². The summed E-state index contributed by atoms with van der Waals surface area (Å²) >= 11 is 3.15. The third-order valence-corrected chi connectivity index (χ3v) is 4.46. The lowest BCUT2D eigenvalue weighted by Gasteiger charge is -2.28. The van der Waals surface area contributed by atoms with Crippen molar-refractivity contribution in [1.82, 2.24) is 0 Å². The van der Waals surface area contributed by atoms with Gasteiger partial charge in [0.15, 0.2) is 0 Å². The van der Waals surface area contributed by atoms with E-state index in [-0.39, 0.29) is 16.6 Å². The summed E-state index contributed by atoms with van der Waals surface area (Å²) in [5.41, 5.74) is 0.0969. The molecular weight excluding hydrogens is 355 g/mol. The molecule has 0 aromatic heterocycles. The van der Waals surface area contributed by atoms with Crippen LogP contribution in [0, 0.1) is 10.8 Å². The second-order valence-electron chi connectivity index (χ2n) is 7.17. The first-order valence-corrected chi connectivity index (χ1v) is 9.32. The van der Waals surface area contributed by atoms with Gasteiger partial charge < -0.3 is 13.8 Å². The van der Waals surface area contributed by atoms with Gasteiger partial charge in [-0.25, -0.2) is 4.79 Å². The second kappa shape index (κ2) is 9.12. The summed E-state index contributed by atoms with van der Waals surface area (Å²) in [5.74, 6) is -0.323. The number of carbonyl (C=O) groups is 1. The van der Waals surface area contributed by atoms with Crippen LogP contribution in [0.5, 0.6) is 0 Å². The molecular formula is C15H28BrO4P. The van der Waals surface area contributed by atoms with Crippen LogP contribution in [-0.4, -0.2) is 25.3 Å². The van der Waals surface area contributed by atoms with E-state index < -0.39 is 14.3 Å². The van der Waals surface area contributed by atoms with E-state index in [1.807, 2.05) is 0 Å². The van der Waals surface area contributed by atoms with E-state index in [1.54, 1.807) is 6.92 Å². The summed E-state index contributed by atoms with van der Waals surface area (Å²) in [4.78, 5) is 13.2. The zero-order valence-electron chi connectivity index (χ0n) is 14.2. The van der Waals surface area contributed by atoms with Gasteiger partial charge >= 0.3 is 5.97 Å². The Morgan fingerprint density at radius 1 is 1.14 bits per heavy atom. The number of rotatable bonds is 7. The normalized spacial score (nSPS) is 14.8. The summed E-state index contributed by atoms with van der Waals surface area (Å²) in [6, 6.07) is 0. The molecule has 6 heteroatoms. The molecule has 0 rings (SSSR count). The van der Waals surface area contributed by atoms with Crippen LogP contribution in [0.25, 0.3) is 0 Å². The third kappa shape index (κ3) is 11.1. The van der Waals surface area contributed by atoms with Crippen molar-refractivity contribution in [2.75, 3.05) is 19.4 Å². The molecule has 0 N–H and O–H groups in total. The van der Waals surface area contributed by atoms with E-state index in [1.165, 1.54) is 4.99 Å². The predicted molar refractivity (Wildman–Crippen MR) is 91.4 cm³/mol. The molecule has 0 heterocycles. The molecule has 21 heavy (non-hydrogen) atoms. The van der Waals surface area contributed by atoms with Crippen molar-refractivity contribution in [3.05, 3.63) is 10.7 Å². The van der Waals surface area contributed by atoms with Crippen LogP contribution < -0.4 is 0 Å². The highest BCUT2D eigenvalue weighted by molar-refractivity contribution is 9.11. The maximum absolute atomic E-state index is 11.8. The summed E-state index contributed by atoms with van der Waals surface area (Å²) in [6.07, 6.45) is 0.738. The standard InChI is InChI=1S/C15H28BrO4P/c1-8-18-13(17)12(9-16)20-21(11-15(5,6)7)19-10-14(2,3)4/h9H,8,10-11H2,1-7H3/b12-9+. The van der Waals surface area contributed by atoms with Gasteiger partial charge in [-0.05, 0) is 17.8 Å². The Labute approximate surface area is 138 Å². The number of hydrogen-bond acceptors (Lipinski definition) is 4. The predicted octanol–water partition coefficient (Wildman–Crippen LogP) is 5.22. The SMILES string of the molecule is CCOC(=O)/C(=C\Br)OP(CC(C)(C)C)OCC(C)(C)C. The first-order valence-electron chi connectivity index (χ1n) is 7.04. The molecule has 1 unspecified atom stereocenters. The maximum Gasteiger partial charge on any atom is 0.374 e. The average molecular weight is 383 g/mol. The average Bonchev–Trinajstić information content (AvgIpc) is 2.30. The molecule has 0 saturated carbocycles. The highest BCUT2D eigenvalue weighted by Gasteiger charge is 2.27. The van der Waals surface area contributed by atoms with E-state index >= 15 is 0 Å². The molecule has 124 valence electrons.